The molecule has 3 amide bonds. The third-order valence-corrected chi connectivity index (χ3v) is 5.69. The predicted octanol–water partition coefficient (Wildman–Crippen LogP) is 3.45. The normalized spacial score (nSPS) is 22.4. The van der Waals surface area contributed by atoms with E-state index in [1.165, 1.54) is 25.7 Å². The van der Waals surface area contributed by atoms with Crippen LogP contribution in [-0.4, -0.2) is 36.0 Å². The summed E-state index contributed by atoms with van der Waals surface area (Å²) in [6.45, 7) is 2.00. The van der Waals surface area contributed by atoms with Gasteiger partial charge in [-0.05, 0) is 43.6 Å². The first kappa shape index (κ1) is 18.7. The van der Waals surface area contributed by atoms with Crippen molar-refractivity contribution in [2.24, 2.45) is 5.92 Å². The van der Waals surface area contributed by atoms with E-state index in [1.54, 1.807) is 0 Å². The molecule has 1 aliphatic heterocycles. The van der Waals surface area contributed by atoms with Crippen LogP contribution < -0.4 is 10.6 Å². The Labute approximate surface area is 156 Å². The minimum atomic E-state index is 0.0356. The Morgan fingerprint density at radius 1 is 1.00 bits per heavy atom. The molecule has 142 valence electrons. The third-order valence-electron chi connectivity index (χ3n) is 5.69. The van der Waals surface area contributed by atoms with E-state index in [2.05, 4.69) is 15.5 Å². The second-order valence-electron chi connectivity index (χ2n) is 7.55. The van der Waals surface area contributed by atoms with Gasteiger partial charge in [-0.15, -0.1) is 0 Å². The fourth-order valence-corrected chi connectivity index (χ4v) is 4.31. The van der Waals surface area contributed by atoms with Crippen molar-refractivity contribution in [3.63, 3.8) is 0 Å². The maximum absolute atomic E-state index is 12.5. The van der Waals surface area contributed by atoms with E-state index in [0.717, 1.165) is 24.9 Å². The minimum Gasteiger partial charge on any atom is -0.352 e. The molecule has 0 radical (unpaired) electrons. The van der Waals surface area contributed by atoms with Crippen LogP contribution in [0.3, 0.4) is 0 Å². The number of nitrogens with one attached hydrogen (secondary N) is 2. The summed E-state index contributed by atoms with van der Waals surface area (Å²) in [5.74, 6) is 0.737. The maximum Gasteiger partial charge on any atom is 0.317 e. The van der Waals surface area contributed by atoms with E-state index in [0.29, 0.717) is 37.9 Å². The highest BCUT2D eigenvalue weighted by Gasteiger charge is 2.35. The van der Waals surface area contributed by atoms with Gasteiger partial charge in [0.25, 0.3) is 0 Å². The average molecular weight is 357 g/mol. The van der Waals surface area contributed by atoms with Crippen molar-refractivity contribution in [2.75, 3.05) is 13.1 Å². The second kappa shape index (κ2) is 9.60. The van der Waals surface area contributed by atoms with Gasteiger partial charge < -0.3 is 15.5 Å². The Balaban J connectivity index is 1.32. The van der Waals surface area contributed by atoms with Crippen LogP contribution in [0.1, 0.15) is 56.9 Å². The van der Waals surface area contributed by atoms with Crippen LogP contribution in [0.15, 0.2) is 30.3 Å². The summed E-state index contributed by atoms with van der Waals surface area (Å²) in [5, 5.41) is 5.95. The number of amides is 3. The Morgan fingerprint density at radius 3 is 2.62 bits per heavy atom. The van der Waals surface area contributed by atoms with Crippen LogP contribution in [-0.2, 0) is 11.3 Å². The van der Waals surface area contributed by atoms with Gasteiger partial charge in [0.2, 0.25) is 5.91 Å². The zero-order chi connectivity index (χ0) is 18.2. The van der Waals surface area contributed by atoms with Crippen molar-refractivity contribution in [3.05, 3.63) is 35.9 Å². The number of likely N-dealkylation sites (tertiary alicyclic amines) is 1. The van der Waals surface area contributed by atoms with Crippen molar-refractivity contribution in [2.45, 2.75) is 64.0 Å². The Morgan fingerprint density at radius 2 is 1.77 bits per heavy atom. The topological polar surface area (TPSA) is 61.4 Å². The molecule has 1 saturated carbocycles. The fourth-order valence-electron chi connectivity index (χ4n) is 4.31. The largest absolute Gasteiger partial charge is 0.352 e. The van der Waals surface area contributed by atoms with Crippen molar-refractivity contribution in [1.29, 1.82) is 0 Å². The van der Waals surface area contributed by atoms with Gasteiger partial charge in [0, 0.05) is 32.1 Å². The van der Waals surface area contributed by atoms with Crippen molar-refractivity contribution >= 4 is 11.9 Å². The number of hydrogen-bond donors (Lipinski definition) is 2. The molecule has 1 heterocycles. The number of fused-ring (bicyclic) bond motifs is 1. The lowest BCUT2D eigenvalue weighted by atomic mass is 9.78. The lowest BCUT2D eigenvalue weighted by molar-refractivity contribution is -0.121. The number of hydrogen-bond acceptors (Lipinski definition) is 2. The summed E-state index contributed by atoms with van der Waals surface area (Å²) in [4.78, 5) is 26.5. The van der Waals surface area contributed by atoms with Gasteiger partial charge in [-0.25, -0.2) is 4.79 Å². The second-order valence-corrected chi connectivity index (χ2v) is 7.55. The Kier molecular flexibility index (Phi) is 6.92. The molecule has 2 N–H and O–H groups in total. The summed E-state index contributed by atoms with van der Waals surface area (Å²) < 4.78 is 0. The highest BCUT2D eigenvalue weighted by Crippen LogP contribution is 2.35. The maximum atomic E-state index is 12.5. The quantitative estimate of drug-likeness (QED) is 0.766. The van der Waals surface area contributed by atoms with Gasteiger partial charge in [-0.1, -0.05) is 43.2 Å². The van der Waals surface area contributed by atoms with Crippen LogP contribution in [0.4, 0.5) is 4.79 Å². The smallest absolute Gasteiger partial charge is 0.317 e. The molecular formula is C21H31N3O2. The Hall–Kier alpha value is -2.04. The van der Waals surface area contributed by atoms with E-state index in [1.807, 2.05) is 30.3 Å². The van der Waals surface area contributed by atoms with Gasteiger partial charge in [-0.2, -0.15) is 0 Å². The first-order valence-electron chi connectivity index (χ1n) is 10.1. The molecule has 2 unspecified atom stereocenters. The Bertz CT molecular complexity index is 588. The molecule has 26 heavy (non-hydrogen) atoms. The van der Waals surface area contributed by atoms with E-state index < -0.39 is 0 Å². The summed E-state index contributed by atoms with van der Waals surface area (Å²) >= 11 is 0. The van der Waals surface area contributed by atoms with E-state index in [9.17, 15) is 9.59 Å². The number of urea groups is 1. The number of benzene rings is 1. The molecule has 5 heteroatoms. The zero-order valence-corrected chi connectivity index (χ0v) is 15.6. The van der Waals surface area contributed by atoms with Crippen LogP contribution in [0.2, 0.25) is 0 Å². The fraction of sp³-hybridized carbons (Fsp3) is 0.619. The molecule has 1 aromatic rings. The third kappa shape index (κ3) is 5.23. The standard InChI is InChI=1S/C21H31N3O2/c25-20(23-16-17-8-2-1-3-9-17)13-6-14-22-21(26)24-15-7-11-18-10-4-5-12-19(18)24/h1-3,8-9,18-19H,4-7,10-16H2,(H,22,26)(H,23,25). The molecule has 1 aromatic carbocycles. The molecule has 2 fully saturated rings. The highest BCUT2D eigenvalue weighted by atomic mass is 16.2. The summed E-state index contributed by atoms with van der Waals surface area (Å²) in [7, 11) is 0. The van der Waals surface area contributed by atoms with Crippen LogP contribution in [0.25, 0.3) is 0 Å². The SMILES string of the molecule is O=C(CCCNC(=O)N1CCCC2CCCCC21)NCc1ccccc1. The van der Waals surface area contributed by atoms with E-state index in [-0.39, 0.29) is 11.9 Å². The summed E-state index contributed by atoms with van der Waals surface area (Å²) in [5.41, 5.74) is 1.10. The molecule has 5 nitrogen and oxygen atoms in total. The van der Waals surface area contributed by atoms with Gasteiger partial charge in [-0.3, -0.25) is 4.79 Å². The van der Waals surface area contributed by atoms with Gasteiger partial charge >= 0.3 is 6.03 Å². The van der Waals surface area contributed by atoms with Gasteiger partial charge in [0.05, 0.1) is 0 Å². The number of nitrogens with zero attached hydrogens (tertiary/aromatic N) is 1. The molecular weight excluding hydrogens is 326 g/mol. The monoisotopic (exact) mass is 357 g/mol. The number of piperidine rings is 1. The molecule has 1 saturated heterocycles. The van der Waals surface area contributed by atoms with Crippen molar-refractivity contribution < 1.29 is 9.59 Å². The predicted molar refractivity (Wildman–Crippen MR) is 103 cm³/mol. The molecule has 0 aromatic heterocycles. The minimum absolute atomic E-state index is 0.0356. The molecule has 0 spiro atoms. The lowest BCUT2D eigenvalue weighted by Crippen LogP contribution is -2.53. The summed E-state index contributed by atoms with van der Waals surface area (Å²) in [6.07, 6.45) is 8.50. The molecule has 2 aliphatic rings. The van der Waals surface area contributed by atoms with Crippen molar-refractivity contribution in [3.8, 4) is 0 Å². The highest BCUT2D eigenvalue weighted by molar-refractivity contribution is 5.76. The average Bonchev–Trinajstić information content (AvgIpc) is 2.70. The number of carbonyl (C=O) groups is 2. The molecule has 2 atom stereocenters. The zero-order valence-electron chi connectivity index (χ0n) is 15.6. The first-order chi connectivity index (χ1) is 12.7. The molecule has 1 aliphatic carbocycles. The van der Waals surface area contributed by atoms with Crippen molar-refractivity contribution in [1.82, 2.24) is 15.5 Å². The number of carbonyl (C=O) groups excluding carboxylic acids is 2. The summed E-state index contributed by atoms with van der Waals surface area (Å²) in [6, 6.07) is 10.4. The first-order valence-corrected chi connectivity index (χ1v) is 10.1. The van der Waals surface area contributed by atoms with Gasteiger partial charge in [0.15, 0.2) is 0 Å². The van der Waals surface area contributed by atoms with Crippen LogP contribution in [0, 0.1) is 5.92 Å². The molecule has 0 bridgehead atoms. The number of rotatable bonds is 6. The van der Waals surface area contributed by atoms with E-state index >= 15 is 0 Å². The van der Waals surface area contributed by atoms with Crippen LogP contribution in [0.5, 0.6) is 0 Å². The van der Waals surface area contributed by atoms with Crippen LogP contribution >= 0.6 is 0 Å². The lowest BCUT2D eigenvalue weighted by Gasteiger charge is -2.44. The molecule has 3 rings (SSSR count). The van der Waals surface area contributed by atoms with E-state index in [4.69, 9.17) is 0 Å². The van der Waals surface area contributed by atoms with Gasteiger partial charge in [0.1, 0.15) is 0 Å².